The van der Waals surface area contributed by atoms with Gasteiger partial charge in [0.1, 0.15) is 10.9 Å². The Bertz CT molecular complexity index is 1040. The van der Waals surface area contributed by atoms with Crippen LogP contribution in [-0.4, -0.2) is 73.0 Å². The summed E-state index contributed by atoms with van der Waals surface area (Å²) in [6, 6.07) is 18.3. The summed E-state index contributed by atoms with van der Waals surface area (Å²) in [5, 5.41) is 4.89. The summed E-state index contributed by atoms with van der Waals surface area (Å²) in [5.74, 6) is 1.16. The maximum Gasteiger partial charge on any atom is 0.230 e. The Morgan fingerprint density at radius 2 is 1.85 bits per heavy atom. The largest absolute Gasteiger partial charge is 0.379 e. The fourth-order valence-corrected chi connectivity index (χ4v) is 4.64. The van der Waals surface area contributed by atoms with Gasteiger partial charge in [0, 0.05) is 44.3 Å². The SMILES string of the molecule is CN(CCCNC(=O)CSc1nc(CN2CCOCC2)nc2ccccc12)c1ccccc1. The number of rotatable bonds is 10. The monoisotopic (exact) mass is 465 g/mol. The standard InChI is InChI=1S/C25H31N5O2S/c1-29(20-8-3-2-4-9-20)13-7-12-26-24(31)19-33-25-21-10-5-6-11-22(21)27-23(28-25)18-30-14-16-32-17-15-30/h2-6,8-11H,7,12-19H2,1H3,(H,26,31). The molecule has 1 aliphatic rings. The minimum Gasteiger partial charge on any atom is -0.379 e. The second-order valence-electron chi connectivity index (χ2n) is 8.10. The molecule has 8 heteroatoms. The zero-order valence-electron chi connectivity index (χ0n) is 19.1. The predicted octanol–water partition coefficient (Wildman–Crippen LogP) is 3.20. The van der Waals surface area contributed by atoms with Gasteiger partial charge in [-0.15, -0.1) is 0 Å². The van der Waals surface area contributed by atoms with Gasteiger partial charge in [-0.2, -0.15) is 0 Å². The second kappa shape index (κ2) is 12.0. The molecule has 0 unspecified atom stereocenters. The molecule has 1 saturated heterocycles. The van der Waals surface area contributed by atoms with E-state index in [0.717, 1.165) is 61.0 Å². The average molecular weight is 466 g/mol. The number of hydrogen-bond acceptors (Lipinski definition) is 7. The van der Waals surface area contributed by atoms with E-state index in [1.807, 2.05) is 42.5 Å². The number of nitrogens with zero attached hydrogens (tertiary/aromatic N) is 4. The number of fused-ring (bicyclic) bond motifs is 1. The van der Waals surface area contributed by atoms with Crippen molar-refractivity contribution in [3.8, 4) is 0 Å². The number of para-hydroxylation sites is 2. The van der Waals surface area contributed by atoms with Crippen molar-refractivity contribution in [1.29, 1.82) is 0 Å². The third kappa shape index (κ3) is 6.90. The van der Waals surface area contributed by atoms with Gasteiger partial charge in [-0.1, -0.05) is 48.2 Å². The minimum atomic E-state index is 0.0276. The summed E-state index contributed by atoms with van der Waals surface area (Å²) in [4.78, 5) is 26.5. The van der Waals surface area contributed by atoms with Crippen LogP contribution in [0, 0.1) is 0 Å². The van der Waals surface area contributed by atoms with Gasteiger partial charge in [-0.25, -0.2) is 9.97 Å². The zero-order valence-corrected chi connectivity index (χ0v) is 19.9. The molecule has 3 aromatic rings. The maximum atomic E-state index is 12.5. The van der Waals surface area contributed by atoms with Gasteiger partial charge in [0.05, 0.1) is 31.0 Å². The van der Waals surface area contributed by atoms with E-state index in [9.17, 15) is 4.79 Å². The average Bonchev–Trinajstić information content (AvgIpc) is 2.86. The highest BCUT2D eigenvalue weighted by Crippen LogP contribution is 2.25. The number of thioether (sulfide) groups is 1. The van der Waals surface area contributed by atoms with Crippen molar-refractivity contribution in [2.45, 2.75) is 18.0 Å². The molecule has 4 rings (SSSR count). The number of aromatic nitrogens is 2. The molecule has 1 aliphatic heterocycles. The number of carbonyl (C=O) groups excluding carboxylic acids is 1. The first-order valence-corrected chi connectivity index (χ1v) is 12.4. The van der Waals surface area contributed by atoms with Gasteiger partial charge in [-0.3, -0.25) is 9.69 Å². The smallest absolute Gasteiger partial charge is 0.230 e. The molecule has 1 N–H and O–H groups in total. The zero-order chi connectivity index (χ0) is 22.9. The fraction of sp³-hybridized carbons (Fsp3) is 0.400. The molecule has 1 aromatic heterocycles. The van der Waals surface area contributed by atoms with Crippen molar-refractivity contribution in [3.05, 3.63) is 60.4 Å². The van der Waals surface area contributed by atoms with Crippen LogP contribution in [0.15, 0.2) is 59.6 Å². The summed E-state index contributed by atoms with van der Waals surface area (Å²) in [7, 11) is 2.07. The Hall–Kier alpha value is -2.68. The third-order valence-corrected chi connectivity index (χ3v) is 6.60. The van der Waals surface area contributed by atoms with Crippen LogP contribution in [0.5, 0.6) is 0 Å². The molecule has 0 atom stereocenters. The highest BCUT2D eigenvalue weighted by molar-refractivity contribution is 8.00. The number of morpholine rings is 1. The fourth-order valence-electron chi connectivity index (χ4n) is 3.77. The molecule has 1 amide bonds. The summed E-state index contributed by atoms with van der Waals surface area (Å²) in [6.45, 7) is 5.51. The molecule has 7 nitrogen and oxygen atoms in total. The summed E-state index contributed by atoms with van der Waals surface area (Å²) < 4.78 is 5.44. The van der Waals surface area contributed by atoms with E-state index in [-0.39, 0.29) is 5.91 Å². The van der Waals surface area contributed by atoms with Crippen LogP contribution >= 0.6 is 11.8 Å². The summed E-state index contributed by atoms with van der Waals surface area (Å²) in [5.41, 5.74) is 2.10. The van der Waals surface area contributed by atoms with E-state index in [4.69, 9.17) is 14.7 Å². The Morgan fingerprint density at radius 3 is 2.67 bits per heavy atom. The molecule has 33 heavy (non-hydrogen) atoms. The van der Waals surface area contributed by atoms with Gasteiger partial charge >= 0.3 is 0 Å². The Labute approximate surface area is 199 Å². The molecule has 0 bridgehead atoms. The Balaban J connectivity index is 1.29. The van der Waals surface area contributed by atoms with Crippen molar-refractivity contribution in [1.82, 2.24) is 20.2 Å². The Kier molecular flexibility index (Phi) is 8.52. The predicted molar refractivity (Wildman–Crippen MR) is 134 cm³/mol. The van der Waals surface area contributed by atoms with E-state index < -0.39 is 0 Å². The maximum absolute atomic E-state index is 12.5. The lowest BCUT2D eigenvalue weighted by molar-refractivity contribution is -0.118. The molecule has 0 radical (unpaired) electrons. The van der Waals surface area contributed by atoms with Gasteiger partial charge in [0.15, 0.2) is 0 Å². The normalized spacial score (nSPS) is 14.3. The number of benzene rings is 2. The molecular weight excluding hydrogens is 434 g/mol. The third-order valence-electron chi connectivity index (χ3n) is 5.61. The number of carbonyl (C=O) groups is 1. The second-order valence-corrected chi connectivity index (χ2v) is 9.06. The topological polar surface area (TPSA) is 70.6 Å². The van der Waals surface area contributed by atoms with Gasteiger partial charge in [-0.05, 0) is 24.6 Å². The highest BCUT2D eigenvalue weighted by Gasteiger charge is 2.15. The molecule has 174 valence electrons. The first-order chi connectivity index (χ1) is 16.2. The number of anilines is 1. The quantitative estimate of drug-likeness (QED) is 0.280. The number of ether oxygens (including phenoxy) is 1. The van der Waals surface area contributed by atoms with Crippen LogP contribution in [0.1, 0.15) is 12.2 Å². The molecule has 2 heterocycles. The summed E-state index contributed by atoms with van der Waals surface area (Å²) in [6.07, 6.45) is 0.891. The van der Waals surface area contributed by atoms with E-state index in [1.165, 1.54) is 17.4 Å². The van der Waals surface area contributed by atoms with Crippen molar-refractivity contribution in [2.75, 3.05) is 57.1 Å². The molecule has 1 fully saturated rings. The molecule has 0 aliphatic carbocycles. The first-order valence-electron chi connectivity index (χ1n) is 11.4. The van der Waals surface area contributed by atoms with Crippen LogP contribution < -0.4 is 10.2 Å². The Morgan fingerprint density at radius 1 is 1.09 bits per heavy atom. The van der Waals surface area contributed by atoms with Crippen molar-refractivity contribution >= 4 is 34.3 Å². The number of nitrogens with one attached hydrogen (secondary N) is 1. The van der Waals surface area contributed by atoms with Crippen LogP contribution in [0.2, 0.25) is 0 Å². The van der Waals surface area contributed by atoms with Crippen LogP contribution in [0.3, 0.4) is 0 Å². The van der Waals surface area contributed by atoms with Gasteiger partial charge in [0.25, 0.3) is 0 Å². The highest BCUT2D eigenvalue weighted by atomic mass is 32.2. The van der Waals surface area contributed by atoms with Crippen LogP contribution in [0.25, 0.3) is 10.9 Å². The lowest BCUT2D eigenvalue weighted by atomic mass is 10.2. The van der Waals surface area contributed by atoms with Crippen LogP contribution in [0.4, 0.5) is 5.69 Å². The van der Waals surface area contributed by atoms with E-state index in [1.54, 1.807) is 0 Å². The molecular formula is C25H31N5O2S. The van der Waals surface area contributed by atoms with Crippen molar-refractivity contribution in [2.24, 2.45) is 0 Å². The van der Waals surface area contributed by atoms with Crippen molar-refractivity contribution in [3.63, 3.8) is 0 Å². The van der Waals surface area contributed by atoms with Gasteiger partial charge < -0.3 is 15.0 Å². The van der Waals surface area contributed by atoms with Crippen molar-refractivity contribution < 1.29 is 9.53 Å². The minimum absolute atomic E-state index is 0.0276. The first kappa shape index (κ1) is 23.5. The summed E-state index contributed by atoms with van der Waals surface area (Å²) >= 11 is 1.48. The number of amides is 1. The number of hydrogen-bond donors (Lipinski definition) is 1. The van der Waals surface area contributed by atoms with Gasteiger partial charge in [0.2, 0.25) is 5.91 Å². The molecule has 0 saturated carbocycles. The van der Waals surface area contributed by atoms with E-state index >= 15 is 0 Å². The lowest BCUT2D eigenvalue weighted by Gasteiger charge is -2.25. The van der Waals surface area contributed by atoms with Crippen LogP contribution in [-0.2, 0) is 16.1 Å². The molecule has 0 spiro atoms. The molecule has 2 aromatic carbocycles. The van der Waals surface area contributed by atoms with E-state index in [0.29, 0.717) is 18.8 Å². The lowest BCUT2D eigenvalue weighted by Crippen LogP contribution is -2.36. The van der Waals surface area contributed by atoms with E-state index in [2.05, 4.69) is 34.3 Å².